The normalized spacial score (nSPS) is 13.8. The molecule has 14 heavy (non-hydrogen) atoms. The molecule has 0 saturated carbocycles. The number of alkyl halides is 4. The molecule has 0 aliphatic carbocycles. The summed E-state index contributed by atoms with van der Waals surface area (Å²) in [5.41, 5.74) is 0. The van der Waals surface area contributed by atoms with Crippen LogP contribution in [-0.4, -0.2) is 38.1 Å². The Kier molecular flexibility index (Phi) is 5.44. The summed E-state index contributed by atoms with van der Waals surface area (Å²) in [6.07, 6.45) is -8.79. The summed E-state index contributed by atoms with van der Waals surface area (Å²) >= 11 is 0. The van der Waals surface area contributed by atoms with Crippen molar-refractivity contribution in [2.45, 2.75) is 19.3 Å². The third kappa shape index (κ3) is 5.00. The highest BCUT2D eigenvalue weighted by Gasteiger charge is 2.46. The highest BCUT2D eigenvalue weighted by Crippen LogP contribution is 2.23. The van der Waals surface area contributed by atoms with Gasteiger partial charge in [0, 0.05) is 6.61 Å². The Morgan fingerprint density at radius 1 is 1.36 bits per heavy atom. The molecule has 0 aliphatic heterocycles. The fraction of sp³-hybridized carbons (Fsp3) is 0.857. The number of ether oxygens (including phenoxy) is 2. The summed E-state index contributed by atoms with van der Waals surface area (Å²) < 4.78 is 55.5. The van der Waals surface area contributed by atoms with Gasteiger partial charge in [0.2, 0.25) is 0 Å². The van der Waals surface area contributed by atoms with Gasteiger partial charge < -0.3 is 9.47 Å². The molecule has 1 atom stereocenters. The lowest BCUT2D eigenvalue weighted by atomic mass is 10.4. The molecule has 0 aromatic heterocycles. The summed E-state index contributed by atoms with van der Waals surface area (Å²) in [4.78, 5) is 10.4. The maximum absolute atomic E-state index is 12.2. The first-order chi connectivity index (χ1) is 6.39. The maximum Gasteiger partial charge on any atom is 0.430 e. The van der Waals surface area contributed by atoms with E-state index < -0.39 is 18.3 Å². The van der Waals surface area contributed by atoms with Gasteiger partial charge in [0.1, 0.15) is 6.61 Å². The van der Waals surface area contributed by atoms with Gasteiger partial charge in [0.15, 0.2) is 0 Å². The molecule has 3 nitrogen and oxygen atoms in total. The van der Waals surface area contributed by atoms with E-state index in [0.717, 1.165) is 0 Å². The average molecular weight is 218 g/mol. The smallest absolute Gasteiger partial charge is 0.430 e. The van der Waals surface area contributed by atoms with Crippen LogP contribution in [0.1, 0.15) is 6.92 Å². The Balaban J connectivity index is 3.74. The fourth-order valence-electron chi connectivity index (χ4n) is 0.552. The van der Waals surface area contributed by atoms with Gasteiger partial charge >= 0.3 is 12.1 Å². The van der Waals surface area contributed by atoms with Crippen molar-refractivity contribution in [2.75, 3.05) is 19.8 Å². The molecule has 0 aliphatic rings. The first-order valence-electron chi connectivity index (χ1n) is 3.84. The van der Waals surface area contributed by atoms with Crippen LogP contribution >= 0.6 is 0 Å². The molecule has 7 heteroatoms. The molecule has 0 spiro atoms. The van der Waals surface area contributed by atoms with Crippen molar-refractivity contribution >= 4 is 5.97 Å². The van der Waals surface area contributed by atoms with Crippen molar-refractivity contribution in [1.82, 2.24) is 0 Å². The number of hydrogen-bond acceptors (Lipinski definition) is 3. The SMILES string of the molecule is CCOCCOC(=O)C(F)C(F)(F)F. The van der Waals surface area contributed by atoms with E-state index in [0.29, 0.717) is 6.61 Å². The summed E-state index contributed by atoms with van der Waals surface area (Å²) in [5, 5.41) is 0. The molecule has 0 rings (SSSR count). The minimum Gasteiger partial charge on any atom is -0.461 e. The van der Waals surface area contributed by atoms with Crippen LogP contribution < -0.4 is 0 Å². The van der Waals surface area contributed by atoms with Gasteiger partial charge in [-0.05, 0) is 6.92 Å². The molecular formula is C7H10F4O3. The van der Waals surface area contributed by atoms with E-state index in [1.807, 2.05) is 0 Å². The molecule has 0 aromatic rings. The summed E-state index contributed by atoms with van der Waals surface area (Å²) in [6.45, 7) is 1.57. The number of carbonyl (C=O) groups excluding carboxylic acids is 1. The standard InChI is InChI=1S/C7H10F4O3/c1-2-13-3-4-14-6(12)5(8)7(9,10)11/h5H,2-4H2,1H3. The Morgan fingerprint density at radius 2 is 1.93 bits per heavy atom. The van der Waals surface area contributed by atoms with Gasteiger partial charge in [-0.15, -0.1) is 0 Å². The maximum atomic E-state index is 12.2. The summed E-state index contributed by atoms with van der Waals surface area (Å²) in [6, 6.07) is 0. The Labute approximate surface area is 78.0 Å². The largest absolute Gasteiger partial charge is 0.461 e. The van der Waals surface area contributed by atoms with E-state index in [4.69, 9.17) is 0 Å². The molecule has 0 saturated heterocycles. The predicted molar refractivity (Wildman–Crippen MR) is 38.4 cm³/mol. The minimum absolute atomic E-state index is 0.0488. The zero-order chi connectivity index (χ0) is 11.2. The molecule has 0 aromatic carbocycles. The highest BCUT2D eigenvalue weighted by molar-refractivity contribution is 5.75. The van der Waals surface area contributed by atoms with Gasteiger partial charge in [-0.1, -0.05) is 0 Å². The zero-order valence-corrected chi connectivity index (χ0v) is 7.44. The van der Waals surface area contributed by atoms with Crippen molar-refractivity contribution < 1.29 is 31.8 Å². The number of carbonyl (C=O) groups is 1. The van der Waals surface area contributed by atoms with Crippen LogP contribution in [0.3, 0.4) is 0 Å². The Bertz CT molecular complexity index is 180. The van der Waals surface area contributed by atoms with E-state index in [2.05, 4.69) is 9.47 Å². The summed E-state index contributed by atoms with van der Waals surface area (Å²) in [5.74, 6) is -1.93. The first-order valence-corrected chi connectivity index (χ1v) is 3.84. The Hall–Kier alpha value is -0.850. The fourth-order valence-corrected chi connectivity index (χ4v) is 0.552. The average Bonchev–Trinajstić information content (AvgIpc) is 2.09. The van der Waals surface area contributed by atoms with Crippen LogP contribution in [0.5, 0.6) is 0 Å². The molecular weight excluding hydrogens is 208 g/mol. The molecule has 84 valence electrons. The quantitative estimate of drug-likeness (QED) is 0.398. The van der Waals surface area contributed by atoms with Crippen molar-refractivity contribution in [3.8, 4) is 0 Å². The van der Waals surface area contributed by atoms with Gasteiger partial charge in [-0.2, -0.15) is 13.2 Å². The lowest BCUT2D eigenvalue weighted by Gasteiger charge is -2.11. The van der Waals surface area contributed by atoms with Crippen molar-refractivity contribution in [1.29, 1.82) is 0 Å². The second-order valence-electron chi connectivity index (χ2n) is 2.27. The van der Waals surface area contributed by atoms with Gasteiger partial charge in [-0.25, -0.2) is 9.18 Å². The molecule has 0 heterocycles. The zero-order valence-electron chi connectivity index (χ0n) is 7.44. The highest BCUT2D eigenvalue weighted by atomic mass is 19.4. The van der Waals surface area contributed by atoms with E-state index in [9.17, 15) is 22.4 Å². The second kappa shape index (κ2) is 5.79. The van der Waals surface area contributed by atoms with Crippen LogP contribution in [0.2, 0.25) is 0 Å². The lowest BCUT2D eigenvalue weighted by Crippen LogP contribution is -2.34. The molecule has 0 N–H and O–H groups in total. The summed E-state index contributed by atoms with van der Waals surface area (Å²) in [7, 11) is 0. The van der Waals surface area contributed by atoms with Crippen LogP contribution in [0.25, 0.3) is 0 Å². The predicted octanol–water partition coefficient (Wildman–Crippen LogP) is 1.47. The minimum atomic E-state index is -5.21. The number of rotatable bonds is 5. The van der Waals surface area contributed by atoms with Crippen molar-refractivity contribution in [3.05, 3.63) is 0 Å². The number of hydrogen-bond donors (Lipinski definition) is 0. The topological polar surface area (TPSA) is 35.5 Å². The first kappa shape index (κ1) is 13.2. The van der Waals surface area contributed by atoms with Gasteiger partial charge in [0.05, 0.1) is 6.61 Å². The lowest BCUT2D eigenvalue weighted by molar-refractivity contribution is -0.201. The molecule has 1 unspecified atom stereocenters. The van der Waals surface area contributed by atoms with E-state index in [-0.39, 0.29) is 13.2 Å². The third-order valence-electron chi connectivity index (χ3n) is 1.17. The third-order valence-corrected chi connectivity index (χ3v) is 1.17. The number of halogens is 4. The monoisotopic (exact) mass is 218 g/mol. The molecule has 0 fully saturated rings. The van der Waals surface area contributed by atoms with Gasteiger partial charge in [-0.3, -0.25) is 0 Å². The second-order valence-corrected chi connectivity index (χ2v) is 2.27. The van der Waals surface area contributed by atoms with Crippen LogP contribution in [0.15, 0.2) is 0 Å². The van der Waals surface area contributed by atoms with Crippen molar-refractivity contribution in [3.63, 3.8) is 0 Å². The van der Waals surface area contributed by atoms with E-state index in [1.165, 1.54) is 0 Å². The molecule has 0 radical (unpaired) electrons. The van der Waals surface area contributed by atoms with E-state index in [1.54, 1.807) is 6.92 Å². The molecule has 0 amide bonds. The van der Waals surface area contributed by atoms with Gasteiger partial charge in [0.25, 0.3) is 6.17 Å². The Morgan fingerprint density at radius 3 is 2.36 bits per heavy atom. The molecule has 0 bridgehead atoms. The van der Waals surface area contributed by atoms with Crippen LogP contribution in [0.4, 0.5) is 17.6 Å². The van der Waals surface area contributed by atoms with Crippen LogP contribution in [0, 0.1) is 0 Å². The van der Waals surface area contributed by atoms with E-state index >= 15 is 0 Å². The number of esters is 1. The van der Waals surface area contributed by atoms with Crippen molar-refractivity contribution in [2.24, 2.45) is 0 Å². The van der Waals surface area contributed by atoms with Crippen LogP contribution in [-0.2, 0) is 14.3 Å².